The first-order valence-electron chi connectivity index (χ1n) is 6.39. The van der Waals surface area contributed by atoms with E-state index in [0.29, 0.717) is 5.11 Å². The monoisotopic (exact) mass is 311 g/mol. The van der Waals surface area contributed by atoms with Crippen molar-refractivity contribution in [3.8, 4) is 0 Å². The Balaban J connectivity index is 1.59. The lowest BCUT2D eigenvalue weighted by Crippen LogP contribution is -2.51. The highest BCUT2D eigenvalue weighted by atomic mass is 79.9. The van der Waals surface area contributed by atoms with E-state index in [1.54, 1.807) is 5.57 Å². The van der Waals surface area contributed by atoms with Crippen molar-refractivity contribution in [3.05, 3.63) is 11.3 Å². The molecule has 2 bridgehead atoms. The molecule has 4 saturated carbocycles. The molecule has 4 fully saturated rings. The van der Waals surface area contributed by atoms with Gasteiger partial charge in [0.25, 0.3) is 0 Å². The Bertz CT molecular complexity index is 490. The highest BCUT2D eigenvalue weighted by molar-refractivity contribution is 9.09. The summed E-state index contributed by atoms with van der Waals surface area (Å²) in [5.74, 6) is 6.28. The van der Waals surface area contributed by atoms with Gasteiger partial charge in [-0.05, 0) is 59.7 Å². The second-order valence-corrected chi connectivity index (χ2v) is 7.71. The van der Waals surface area contributed by atoms with Crippen molar-refractivity contribution >= 4 is 33.3 Å². The van der Waals surface area contributed by atoms with Crippen LogP contribution in [-0.4, -0.2) is 9.94 Å². The zero-order valence-corrected chi connectivity index (χ0v) is 11.6. The molecule has 17 heavy (non-hydrogen) atoms. The molecule has 0 amide bonds. The summed E-state index contributed by atoms with van der Waals surface area (Å²) < 4.78 is 0. The molecule has 2 unspecified atom stereocenters. The lowest BCUT2D eigenvalue weighted by molar-refractivity contribution is 0.0361. The minimum Gasteiger partial charge on any atom is -0.375 e. The second kappa shape index (κ2) is 2.67. The van der Waals surface area contributed by atoms with Crippen LogP contribution < -0.4 is 16.6 Å². The lowest BCUT2D eigenvalue weighted by atomic mass is 9.59. The quantitative estimate of drug-likeness (QED) is 0.406. The summed E-state index contributed by atoms with van der Waals surface area (Å²) in [6.45, 7) is 0. The normalized spacial score (nSPS) is 58.9. The predicted molar refractivity (Wildman–Crippen MR) is 71.8 cm³/mol. The molecular weight excluding hydrogens is 298 g/mol. The third kappa shape index (κ3) is 0.801. The summed E-state index contributed by atoms with van der Waals surface area (Å²) in [5, 5.41) is 0.340. The molecule has 0 spiro atoms. The maximum Gasteiger partial charge on any atom is 0.182 e. The minimum atomic E-state index is 0.340. The summed E-state index contributed by atoms with van der Waals surface area (Å²) >= 11 is 8.84. The fourth-order valence-electron chi connectivity index (χ4n) is 6.04. The van der Waals surface area contributed by atoms with E-state index in [-0.39, 0.29) is 0 Å². The van der Waals surface area contributed by atoms with E-state index in [4.69, 9.17) is 18.0 Å². The van der Waals surface area contributed by atoms with Gasteiger partial charge in [0.2, 0.25) is 0 Å². The molecule has 4 N–H and O–H groups in total. The number of allylic oxidation sites excluding steroid dienone is 2. The third-order valence-corrected chi connectivity index (χ3v) is 7.38. The zero-order valence-electron chi connectivity index (χ0n) is 9.19. The van der Waals surface area contributed by atoms with E-state index in [1.165, 1.54) is 12.1 Å². The lowest BCUT2D eigenvalue weighted by Gasteiger charge is -2.47. The Kier molecular flexibility index (Phi) is 1.51. The standard InChI is InChI=1S/C12H14BrN3S/c13-10-6-2-1-3-5-4(2)8(10)9(5)11(7(3)6)15-16-12(14)17/h2-6,8-10,15H,1H2,(H3,14,16,17)/t2?,3-,4?,5-,6-,8+,9-,10-/m1/s1. The maximum atomic E-state index is 5.51. The molecule has 90 valence electrons. The first-order valence-corrected chi connectivity index (χ1v) is 7.72. The molecule has 0 aromatic carbocycles. The fourth-order valence-corrected chi connectivity index (χ4v) is 7.45. The number of nitrogens with one attached hydrogen (secondary N) is 2. The van der Waals surface area contributed by atoms with E-state index in [1.807, 2.05) is 0 Å². The van der Waals surface area contributed by atoms with Gasteiger partial charge in [-0.15, -0.1) is 0 Å². The molecule has 5 aliphatic rings. The van der Waals surface area contributed by atoms with Gasteiger partial charge in [0, 0.05) is 16.4 Å². The molecule has 0 heterocycles. The van der Waals surface area contributed by atoms with E-state index in [0.717, 1.165) is 46.3 Å². The Morgan fingerprint density at radius 3 is 2.88 bits per heavy atom. The van der Waals surface area contributed by atoms with Crippen molar-refractivity contribution < 1.29 is 0 Å². The van der Waals surface area contributed by atoms with Crippen molar-refractivity contribution in [2.24, 2.45) is 47.2 Å². The van der Waals surface area contributed by atoms with Crippen LogP contribution >= 0.6 is 28.1 Å². The van der Waals surface area contributed by atoms with Crippen LogP contribution in [-0.2, 0) is 0 Å². The summed E-state index contributed by atoms with van der Waals surface area (Å²) in [6, 6.07) is 0. The SMILES string of the molecule is NC(=S)NNC1=C2[C@@H]3CC4C5[C@H]([C@H](Br)[C@@H]24)[C@H]1[C@@H]53. The predicted octanol–water partition coefficient (Wildman–Crippen LogP) is 1.11. The fraction of sp³-hybridized carbons (Fsp3) is 0.750. The topological polar surface area (TPSA) is 50.1 Å². The van der Waals surface area contributed by atoms with Gasteiger partial charge in [-0.25, -0.2) is 0 Å². The van der Waals surface area contributed by atoms with Gasteiger partial charge in [0.1, 0.15) is 0 Å². The second-order valence-electron chi connectivity index (χ2n) is 6.22. The van der Waals surface area contributed by atoms with Gasteiger partial charge in [-0.2, -0.15) is 0 Å². The van der Waals surface area contributed by atoms with E-state index >= 15 is 0 Å². The number of rotatable bonds is 2. The Morgan fingerprint density at radius 2 is 2.12 bits per heavy atom. The van der Waals surface area contributed by atoms with Gasteiger partial charge in [-0.1, -0.05) is 15.9 Å². The average Bonchev–Trinajstić information content (AvgIpc) is 2.74. The molecule has 5 aliphatic carbocycles. The van der Waals surface area contributed by atoms with Crippen LogP contribution in [0.4, 0.5) is 0 Å². The molecular formula is C12H14BrN3S. The number of halogens is 1. The van der Waals surface area contributed by atoms with Crippen LogP contribution in [0.1, 0.15) is 6.42 Å². The van der Waals surface area contributed by atoms with Crippen LogP contribution in [0.15, 0.2) is 11.3 Å². The number of alkyl halides is 1. The highest BCUT2D eigenvalue weighted by Crippen LogP contribution is 2.83. The maximum absolute atomic E-state index is 5.51. The Labute approximate surface area is 114 Å². The van der Waals surface area contributed by atoms with Crippen molar-refractivity contribution in [3.63, 3.8) is 0 Å². The Morgan fingerprint density at radius 1 is 1.29 bits per heavy atom. The molecule has 3 nitrogen and oxygen atoms in total. The van der Waals surface area contributed by atoms with Crippen LogP contribution in [0.5, 0.6) is 0 Å². The molecule has 0 radical (unpaired) electrons. The summed E-state index contributed by atoms with van der Waals surface area (Å²) in [5.41, 5.74) is 14.9. The summed E-state index contributed by atoms with van der Waals surface area (Å²) in [7, 11) is 0. The zero-order chi connectivity index (χ0) is 11.5. The van der Waals surface area contributed by atoms with Crippen LogP contribution in [0.2, 0.25) is 0 Å². The number of thiocarbonyl (C=S) groups is 1. The van der Waals surface area contributed by atoms with Gasteiger partial charge in [0.15, 0.2) is 5.11 Å². The number of hydrogen-bond donors (Lipinski definition) is 3. The van der Waals surface area contributed by atoms with Gasteiger partial charge < -0.3 is 11.2 Å². The Hall–Kier alpha value is -0.290. The summed E-state index contributed by atoms with van der Waals surface area (Å²) in [4.78, 5) is 0.747. The summed E-state index contributed by atoms with van der Waals surface area (Å²) in [6.07, 6.45) is 1.45. The van der Waals surface area contributed by atoms with Crippen molar-refractivity contribution in [1.82, 2.24) is 10.9 Å². The molecule has 5 rings (SSSR count). The van der Waals surface area contributed by atoms with Gasteiger partial charge in [0.05, 0.1) is 0 Å². The smallest absolute Gasteiger partial charge is 0.182 e. The van der Waals surface area contributed by atoms with Crippen LogP contribution in [0.3, 0.4) is 0 Å². The number of hydrazine groups is 1. The molecule has 5 heteroatoms. The average molecular weight is 312 g/mol. The van der Waals surface area contributed by atoms with Crippen LogP contribution in [0.25, 0.3) is 0 Å². The molecule has 0 saturated heterocycles. The van der Waals surface area contributed by atoms with E-state index in [2.05, 4.69) is 26.8 Å². The van der Waals surface area contributed by atoms with Crippen LogP contribution in [0, 0.1) is 41.4 Å². The molecule has 0 aliphatic heterocycles. The van der Waals surface area contributed by atoms with Gasteiger partial charge in [-0.3, -0.25) is 5.43 Å². The van der Waals surface area contributed by atoms with E-state index < -0.39 is 0 Å². The van der Waals surface area contributed by atoms with Crippen molar-refractivity contribution in [2.45, 2.75) is 11.2 Å². The minimum absolute atomic E-state index is 0.340. The highest BCUT2D eigenvalue weighted by Gasteiger charge is 2.79. The number of fused-ring (bicyclic) bond motifs is 2. The molecule has 0 aromatic heterocycles. The number of nitrogens with two attached hydrogens (primary N) is 1. The first-order chi connectivity index (χ1) is 8.20. The van der Waals surface area contributed by atoms with Gasteiger partial charge >= 0.3 is 0 Å². The van der Waals surface area contributed by atoms with Crippen molar-refractivity contribution in [2.75, 3.05) is 0 Å². The number of hydrogen-bond acceptors (Lipinski definition) is 2. The van der Waals surface area contributed by atoms with E-state index in [9.17, 15) is 0 Å². The van der Waals surface area contributed by atoms with Crippen molar-refractivity contribution in [1.29, 1.82) is 0 Å². The third-order valence-electron chi connectivity index (χ3n) is 6.10. The largest absolute Gasteiger partial charge is 0.375 e. The first kappa shape index (κ1) is 9.62. The molecule has 8 atom stereocenters. The molecule has 0 aromatic rings.